The second kappa shape index (κ2) is 5.34. The van der Waals surface area contributed by atoms with Crippen LogP contribution in [0.5, 0.6) is 0 Å². The number of aromatic nitrogens is 3. The van der Waals surface area contributed by atoms with Crippen LogP contribution in [-0.4, -0.2) is 27.6 Å². The molecule has 1 aromatic carbocycles. The van der Waals surface area contributed by atoms with Crippen LogP contribution < -0.4 is 10.7 Å². The lowest BCUT2D eigenvalue weighted by atomic mass is 10.2. The van der Waals surface area contributed by atoms with E-state index in [1.165, 1.54) is 0 Å². The highest BCUT2D eigenvalue weighted by Gasteiger charge is 2.10. The van der Waals surface area contributed by atoms with Gasteiger partial charge in [0.05, 0.1) is 5.39 Å². The highest BCUT2D eigenvalue weighted by molar-refractivity contribution is 5.88. The molecular formula is C15H15N4O2+. The fourth-order valence-electron chi connectivity index (χ4n) is 2.36. The maximum absolute atomic E-state index is 11.1. The predicted octanol–water partition coefficient (Wildman–Crippen LogP) is 0.769. The lowest BCUT2D eigenvalue weighted by molar-refractivity contribution is -0.363. The van der Waals surface area contributed by atoms with Gasteiger partial charge in [-0.2, -0.15) is 0 Å². The number of carbonyl (C=O) groups is 1. The van der Waals surface area contributed by atoms with Gasteiger partial charge in [-0.3, -0.25) is 4.79 Å². The molecule has 2 aromatic heterocycles. The number of benzene rings is 1. The van der Waals surface area contributed by atoms with E-state index in [-0.39, 0.29) is 6.61 Å². The molecule has 0 saturated heterocycles. The van der Waals surface area contributed by atoms with Crippen molar-refractivity contribution in [3.05, 3.63) is 48.0 Å². The van der Waals surface area contributed by atoms with Crippen molar-refractivity contribution in [3.8, 4) is 5.69 Å². The Kier molecular flexibility index (Phi) is 3.37. The van der Waals surface area contributed by atoms with Gasteiger partial charge in [-0.15, -0.1) is 4.98 Å². The number of nitrogens with zero attached hydrogens (tertiary/aromatic N) is 2. The summed E-state index contributed by atoms with van der Waals surface area (Å²) in [5, 5.41) is 9.86. The van der Waals surface area contributed by atoms with Gasteiger partial charge in [-0.1, -0.05) is 0 Å². The Labute approximate surface area is 120 Å². The maximum atomic E-state index is 11.1. The molecule has 4 N–H and O–H groups in total. The molecule has 106 valence electrons. The van der Waals surface area contributed by atoms with E-state index in [0.29, 0.717) is 17.8 Å². The van der Waals surface area contributed by atoms with Crippen molar-refractivity contribution in [2.24, 2.45) is 0 Å². The van der Waals surface area contributed by atoms with Crippen molar-refractivity contribution in [2.45, 2.75) is 6.42 Å². The summed E-state index contributed by atoms with van der Waals surface area (Å²) in [6.07, 6.45) is 6.39. The molecule has 6 heteroatoms. The van der Waals surface area contributed by atoms with E-state index in [1.807, 2.05) is 29.0 Å². The molecule has 21 heavy (non-hydrogen) atoms. The molecule has 0 aliphatic heterocycles. The number of aliphatic hydroxyl groups is 1. The molecule has 0 amide bonds. The molecule has 0 bridgehead atoms. The molecule has 0 fully saturated rings. The molecule has 2 heterocycles. The summed E-state index contributed by atoms with van der Waals surface area (Å²) < 4.78 is 1.85. The summed E-state index contributed by atoms with van der Waals surface area (Å²) in [4.78, 5) is 18.2. The number of anilines is 1. The van der Waals surface area contributed by atoms with Crippen LogP contribution in [0.4, 0.5) is 5.82 Å². The van der Waals surface area contributed by atoms with Crippen LogP contribution in [0.25, 0.3) is 16.6 Å². The molecule has 3 rings (SSSR count). The number of hydrogen-bond donors (Lipinski definition) is 2. The summed E-state index contributed by atoms with van der Waals surface area (Å²) in [7, 11) is 0. The Morgan fingerprint density at radius 3 is 3.00 bits per heavy atom. The summed E-state index contributed by atoms with van der Waals surface area (Å²) in [5.74, 6) is 0.542. The fourth-order valence-corrected chi connectivity index (χ4v) is 2.36. The van der Waals surface area contributed by atoms with Gasteiger partial charge in [0.2, 0.25) is 12.1 Å². The first-order chi connectivity index (χ1) is 10.2. The van der Waals surface area contributed by atoms with Crippen LogP contribution in [0.15, 0.2) is 36.9 Å². The molecule has 0 saturated carbocycles. The average Bonchev–Trinajstić information content (AvgIpc) is 2.91. The van der Waals surface area contributed by atoms with Crippen molar-refractivity contribution in [2.75, 3.05) is 12.3 Å². The second-order valence-corrected chi connectivity index (χ2v) is 4.76. The van der Waals surface area contributed by atoms with E-state index in [2.05, 4.69) is 9.97 Å². The van der Waals surface area contributed by atoms with Gasteiger partial charge >= 0.3 is 0 Å². The minimum absolute atomic E-state index is 0.00834. The van der Waals surface area contributed by atoms with E-state index in [9.17, 15) is 4.79 Å². The SMILES string of the molecule is Nc1[nH+]cnc2ccc(-n3cc(C=O)c(CCO)c3)cc12. The monoisotopic (exact) mass is 283 g/mol. The highest BCUT2D eigenvalue weighted by Crippen LogP contribution is 2.21. The normalized spacial score (nSPS) is 10.9. The van der Waals surface area contributed by atoms with Gasteiger partial charge in [-0.25, -0.2) is 4.98 Å². The summed E-state index contributed by atoms with van der Waals surface area (Å²) in [6, 6.07) is 5.69. The Hall–Kier alpha value is -2.73. The van der Waals surface area contributed by atoms with Gasteiger partial charge in [0.25, 0.3) is 0 Å². The number of aldehydes is 1. The number of aliphatic hydroxyl groups excluding tert-OH is 1. The topological polar surface area (TPSA) is 95.3 Å². The fraction of sp³-hybridized carbons (Fsp3) is 0.133. The van der Waals surface area contributed by atoms with Crippen LogP contribution >= 0.6 is 0 Å². The quantitative estimate of drug-likeness (QED) is 0.691. The third kappa shape index (κ3) is 2.36. The lowest BCUT2D eigenvalue weighted by Gasteiger charge is -2.03. The number of aromatic amines is 1. The number of nitrogen functional groups attached to an aromatic ring is 1. The van der Waals surface area contributed by atoms with Gasteiger partial charge in [0.15, 0.2) is 11.8 Å². The average molecular weight is 283 g/mol. The first-order valence-corrected chi connectivity index (χ1v) is 6.56. The second-order valence-electron chi connectivity index (χ2n) is 4.76. The number of nitrogens with one attached hydrogen (secondary N) is 1. The Morgan fingerprint density at radius 2 is 2.24 bits per heavy atom. The van der Waals surface area contributed by atoms with E-state index in [4.69, 9.17) is 10.8 Å². The molecule has 0 atom stereocenters. The third-order valence-electron chi connectivity index (χ3n) is 3.44. The van der Waals surface area contributed by atoms with Crippen molar-refractivity contribution in [3.63, 3.8) is 0 Å². The van der Waals surface area contributed by atoms with Gasteiger partial charge < -0.3 is 15.4 Å². The summed E-state index contributed by atoms with van der Waals surface area (Å²) in [6.45, 7) is 0.00834. The van der Waals surface area contributed by atoms with E-state index >= 15 is 0 Å². The van der Waals surface area contributed by atoms with Crippen LogP contribution in [0.2, 0.25) is 0 Å². The maximum Gasteiger partial charge on any atom is 0.227 e. The zero-order valence-corrected chi connectivity index (χ0v) is 11.3. The van der Waals surface area contributed by atoms with E-state index in [1.54, 1.807) is 12.5 Å². The molecule has 3 aromatic rings. The van der Waals surface area contributed by atoms with Crippen LogP contribution in [0.3, 0.4) is 0 Å². The standard InChI is InChI=1S/C15H14N4O2/c16-15-13-5-12(1-2-14(13)17-9-18-15)19-6-10(3-4-20)11(7-19)8-21/h1-2,5-9,20H,3-4H2,(H2,16,17,18)/p+1. The Bertz CT molecular complexity index is 811. The van der Waals surface area contributed by atoms with Crippen molar-refractivity contribution >= 4 is 23.0 Å². The third-order valence-corrected chi connectivity index (χ3v) is 3.44. The van der Waals surface area contributed by atoms with Crippen LogP contribution in [0.1, 0.15) is 15.9 Å². The van der Waals surface area contributed by atoms with Gasteiger partial charge in [-0.05, 0) is 30.2 Å². The molecule has 0 aliphatic rings. The largest absolute Gasteiger partial charge is 0.396 e. The lowest BCUT2D eigenvalue weighted by Crippen LogP contribution is -2.11. The number of nitrogens with two attached hydrogens (primary N) is 1. The molecular weight excluding hydrogens is 268 g/mol. The van der Waals surface area contributed by atoms with Crippen LogP contribution in [-0.2, 0) is 6.42 Å². The number of fused-ring (bicyclic) bond motifs is 1. The van der Waals surface area contributed by atoms with Crippen LogP contribution in [0, 0.1) is 0 Å². The first-order valence-electron chi connectivity index (χ1n) is 6.56. The van der Waals surface area contributed by atoms with Gasteiger partial charge in [0.1, 0.15) is 0 Å². The molecule has 0 spiro atoms. The number of carbonyl (C=O) groups excluding carboxylic acids is 1. The highest BCUT2D eigenvalue weighted by atomic mass is 16.3. The molecule has 6 nitrogen and oxygen atoms in total. The zero-order valence-electron chi connectivity index (χ0n) is 11.3. The van der Waals surface area contributed by atoms with E-state index < -0.39 is 0 Å². The Morgan fingerprint density at radius 1 is 1.38 bits per heavy atom. The van der Waals surface area contributed by atoms with Crippen molar-refractivity contribution in [1.29, 1.82) is 0 Å². The van der Waals surface area contributed by atoms with Crippen molar-refractivity contribution in [1.82, 2.24) is 9.55 Å². The first kappa shape index (κ1) is 13.3. The van der Waals surface area contributed by atoms with Crippen molar-refractivity contribution < 1.29 is 14.9 Å². The predicted molar refractivity (Wildman–Crippen MR) is 78.2 cm³/mol. The minimum atomic E-state index is 0.00834. The number of hydrogen-bond acceptors (Lipinski definition) is 4. The minimum Gasteiger partial charge on any atom is -0.396 e. The Balaban J connectivity index is 2.11. The molecule has 0 radical (unpaired) electrons. The summed E-state index contributed by atoms with van der Waals surface area (Å²) in [5.41, 5.74) is 8.99. The number of H-pyrrole nitrogens is 1. The smallest absolute Gasteiger partial charge is 0.227 e. The van der Waals surface area contributed by atoms with Gasteiger partial charge in [0, 0.05) is 30.3 Å². The summed E-state index contributed by atoms with van der Waals surface area (Å²) >= 11 is 0. The molecule has 0 unspecified atom stereocenters. The molecule has 0 aliphatic carbocycles. The van der Waals surface area contributed by atoms with E-state index in [0.717, 1.165) is 28.4 Å². The zero-order chi connectivity index (χ0) is 14.8. The number of rotatable bonds is 4.